The van der Waals surface area contributed by atoms with Crippen LogP contribution in [0.4, 0.5) is 0 Å². The normalized spacial score (nSPS) is 15.9. The quantitative estimate of drug-likeness (QED) is 0.430. The Morgan fingerprint density at radius 2 is 2.09 bits per heavy atom. The Hall–Kier alpha value is 0.0238. The highest BCUT2D eigenvalue weighted by Gasteiger charge is 2.17. The van der Waals surface area contributed by atoms with Crippen LogP contribution in [0.2, 0.25) is 0 Å². The third kappa shape index (κ3) is 3.80. The van der Waals surface area contributed by atoms with Gasteiger partial charge in [0, 0.05) is 0 Å². The van der Waals surface area contributed by atoms with Gasteiger partial charge in [-0.2, -0.15) is 0 Å². The van der Waals surface area contributed by atoms with Gasteiger partial charge in [0.2, 0.25) is 21.0 Å². The van der Waals surface area contributed by atoms with Gasteiger partial charge in [-0.3, -0.25) is 0 Å². The van der Waals surface area contributed by atoms with Crippen LogP contribution in [0, 0.1) is 0 Å². The van der Waals surface area contributed by atoms with Gasteiger partial charge in [0.05, 0.1) is 6.10 Å². The van der Waals surface area contributed by atoms with Crippen LogP contribution in [0.15, 0.2) is 0 Å². The minimum Gasteiger partial charge on any atom is -0.413 e. The van der Waals surface area contributed by atoms with Gasteiger partial charge in [-0.1, -0.05) is 13.3 Å². The third-order valence-corrected chi connectivity index (χ3v) is 1.94. The molecule has 0 unspecified atom stereocenters. The molecule has 6 radical (unpaired) electrons. The number of aldehydes is 1. The molecule has 0 aromatic rings. The molecule has 0 heterocycles. The van der Waals surface area contributed by atoms with Crippen molar-refractivity contribution in [2.24, 2.45) is 0 Å². The number of hydrogen-bond donors (Lipinski definition) is 0. The Bertz CT molecular complexity index is 110. The maximum Gasteiger partial charge on any atom is 0.247 e. The molecule has 0 aliphatic carbocycles. The molecule has 0 bridgehead atoms. The molecule has 0 N–H and O–H groups in total. The Morgan fingerprint density at radius 3 is 2.36 bits per heavy atom. The summed E-state index contributed by atoms with van der Waals surface area (Å²) in [5.41, 5.74) is 0. The molecule has 0 aliphatic rings. The highest BCUT2D eigenvalue weighted by Crippen LogP contribution is 2.06. The summed E-state index contributed by atoms with van der Waals surface area (Å²) < 4.78 is 9.54. The topological polar surface area (TPSA) is 35.5 Å². The predicted octanol–water partition coefficient (Wildman–Crippen LogP) is -0.0772. The molecule has 0 aliphatic heterocycles. The van der Waals surface area contributed by atoms with Crippen LogP contribution in [0.1, 0.15) is 19.8 Å². The minimum absolute atomic E-state index is 0.230. The van der Waals surface area contributed by atoms with Crippen LogP contribution in [-0.4, -0.2) is 39.5 Å². The van der Waals surface area contributed by atoms with Gasteiger partial charge in [-0.15, -0.1) is 0 Å². The lowest BCUT2D eigenvalue weighted by atomic mass is 10.1. The van der Waals surface area contributed by atoms with Crippen LogP contribution >= 0.6 is 0 Å². The summed E-state index contributed by atoms with van der Waals surface area (Å²) in [5.74, 6) is 0. The fourth-order valence-corrected chi connectivity index (χ4v) is 1.23. The molecule has 5 heteroatoms. The summed E-state index contributed by atoms with van der Waals surface area (Å²) in [4.78, 5) is 10.4. The molecular weight excluding hydrogens is 176 g/mol. The first-order valence-electron chi connectivity index (χ1n) is 3.40. The van der Waals surface area contributed by atoms with Crippen molar-refractivity contribution >= 4 is 27.3 Å². The first kappa shape index (κ1) is 11.0. The van der Waals surface area contributed by atoms with E-state index in [2.05, 4.69) is 25.4 Å². The zero-order valence-corrected chi connectivity index (χ0v) is 8.37. The highest BCUT2D eigenvalue weighted by atomic mass is 28.2. The maximum atomic E-state index is 10.4. The third-order valence-electron chi connectivity index (χ3n) is 1.36. The average molecular weight is 186 g/mol. The standard InChI is InChI=1S/C6H10O3Si2/c1-2-3-5(8-10)6(4-7)9-11/h4-6H,2-3H2,1H3/t5-,6+/m1/s1. The molecule has 0 saturated heterocycles. The van der Waals surface area contributed by atoms with Gasteiger partial charge in [0.25, 0.3) is 0 Å². The van der Waals surface area contributed by atoms with Crippen molar-refractivity contribution in [1.29, 1.82) is 0 Å². The van der Waals surface area contributed by atoms with Crippen LogP contribution in [0.25, 0.3) is 0 Å². The first-order valence-corrected chi connectivity index (χ1v) is 4.21. The molecular formula is C6H10O3Si2. The van der Waals surface area contributed by atoms with Crippen LogP contribution in [0.3, 0.4) is 0 Å². The zero-order valence-electron chi connectivity index (χ0n) is 6.37. The second-order valence-electron chi connectivity index (χ2n) is 2.16. The lowest BCUT2D eigenvalue weighted by Crippen LogP contribution is -2.31. The zero-order chi connectivity index (χ0) is 8.69. The summed E-state index contributed by atoms with van der Waals surface area (Å²) in [7, 11) is 5.69. The van der Waals surface area contributed by atoms with Gasteiger partial charge in [-0.05, 0) is 6.42 Å². The van der Waals surface area contributed by atoms with E-state index in [9.17, 15) is 4.79 Å². The first-order chi connectivity index (χ1) is 5.29. The van der Waals surface area contributed by atoms with Gasteiger partial charge >= 0.3 is 0 Å². The molecule has 0 rings (SSSR count). The molecule has 0 fully saturated rings. The second-order valence-corrected chi connectivity index (χ2v) is 2.63. The van der Waals surface area contributed by atoms with Gasteiger partial charge in [0.15, 0.2) is 0 Å². The molecule has 11 heavy (non-hydrogen) atoms. The summed E-state index contributed by atoms with van der Waals surface area (Å²) >= 11 is 0. The lowest BCUT2D eigenvalue weighted by molar-refractivity contribution is -0.117. The number of carbonyl (C=O) groups is 1. The van der Waals surface area contributed by atoms with Crippen LogP contribution in [0.5, 0.6) is 0 Å². The van der Waals surface area contributed by atoms with E-state index in [4.69, 9.17) is 4.43 Å². The average Bonchev–Trinajstić information content (AvgIpc) is 2.05. The van der Waals surface area contributed by atoms with Crippen molar-refractivity contribution in [1.82, 2.24) is 0 Å². The van der Waals surface area contributed by atoms with Gasteiger partial charge in [-0.25, -0.2) is 0 Å². The van der Waals surface area contributed by atoms with E-state index in [1.165, 1.54) is 0 Å². The molecule has 2 atom stereocenters. The van der Waals surface area contributed by atoms with Crippen LogP contribution in [-0.2, 0) is 13.6 Å². The van der Waals surface area contributed by atoms with E-state index >= 15 is 0 Å². The van der Waals surface area contributed by atoms with E-state index < -0.39 is 6.10 Å². The van der Waals surface area contributed by atoms with E-state index in [1.54, 1.807) is 0 Å². The van der Waals surface area contributed by atoms with Crippen molar-refractivity contribution < 1.29 is 13.6 Å². The molecule has 3 nitrogen and oxygen atoms in total. The number of rotatable bonds is 6. The van der Waals surface area contributed by atoms with E-state index in [0.717, 1.165) is 12.8 Å². The summed E-state index contributed by atoms with van der Waals surface area (Å²) in [6.45, 7) is 2.01. The van der Waals surface area contributed by atoms with Crippen molar-refractivity contribution in [2.75, 3.05) is 0 Å². The second kappa shape index (κ2) is 6.72. The Morgan fingerprint density at radius 1 is 1.45 bits per heavy atom. The van der Waals surface area contributed by atoms with Crippen molar-refractivity contribution in [3.8, 4) is 0 Å². The summed E-state index contributed by atoms with van der Waals surface area (Å²) in [6.07, 6.45) is 1.63. The fraction of sp³-hybridized carbons (Fsp3) is 0.833. The van der Waals surface area contributed by atoms with Gasteiger partial charge in [0.1, 0.15) is 12.4 Å². The van der Waals surface area contributed by atoms with Crippen molar-refractivity contribution in [3.05, 3.63) is 0 Å². The lowest BCUT2D eigenvalue weighted by Gasteiger charge is -2.19. The molecule has 0 spiro atoms. The van der Waals surface area contributed by atoms with Crippen molar-refractivity contribution in [2.45, 2.75) is 32.0 Å². The number of hydrogen-bond acceptors (Lipinski definition) is 3. The van der Waals surface area contributed by atoms with E-state index in [1.807, 2.05) is 6.92 Å². The molecule has 0 saturated carbocycles. The van der Waals surface area contributed by atoms with Gasteiger partial charge < -0.3 is 13.6 Å². The molecule has 0 aromatic carbocycles. The Labute approximate surface area is 73.5 Å². The highest BCUT2D eigenvalue weighted by molar-refractivity contribution is 5.99. The maximum absolute atomic E-state index is 10.4. The minimum atomic E-state index is -0.552. The summed E-state index contributed by atoms with van der Waals surface area (Å²) in [5, 5.41) is 0. The molecule has 60 valence electrons. The molecule has 0 amide bonds. The SMILES string of the molecule is CCC[C@@H](O[Si])[C@H](C=O)O[Si]. The number of carbonyl (C=O) groups excluding carboxylic acids is 1. The smallest absolute Gasteiger partial charge is 0.247 e. The fourth-order valence-electron chi connectivity index (χ4n) is 0.766. The molecule has 0 aromatic heterocycles. The monoisotopic (exact) mass is 186 g/mol. The Kier molecular flexibility index (Phi) is 6.73. The summed E-state index contributed by atoms with van der Waals surface area (Å²) in [6, 6.07) is 0. The largest absolute Gasteiger partial charge is 0.413 e. The van der Waals surface area contributed by atoms with E-state index in [0.29, 0.717) is 6.29 Å². The predicted molar refractivity (Wildman–Crippen MR) is 42.2 cm³/mol. The Balaban J connectivity index is 3.86. The van der Waals surface area contributed by atoms with E-state index in [-0.39, 0.29) is 6.10 Å². The van der Waals surface area contributed by atoms with Crippen molar-refractivity contribution in [3.63, 3.8) is 0 Å². The van der Waals surface area contributed by atoms with Crippen LogP contribution < -0.4 is 0 Å².